The molecule has 1 aliphatic heterocycles. The van der Waals surface area contributed by atoms with Gasteiger partial charge in [-0.25, -0.2) is 19.7 Å². The first-order valence-corrected chi connectivity index (χ1v) is 9.62. The molecule has 0 unspecified atom stereocenters. The second kappa shape index (κ2) is 7.44. The van der Waals surface area contributed by atoms with Gasteiger partial charge in [-0.3, -0.25) is 4.79 Å². The number of nitrogens with zero attached hydrogens (tertiary/aromatic N) is 3. The van der Waals surface area contributed by atoms with Gasteiger partial charge in [-0.2, -0.15) is 13.2 Å². The van der Waals surface area contributed by atoms with Crippen molar-refractivity contribution in [1.82, 2.24) is 9.97 Å². The van der Waals surface area contributed by atoms with Crippen LogP contribution in [-0.4, -0.2) is 29.0 Å². The molecule has 1 aliphatic rings. The van der Waals surface area contributed by atoms with Crippen molar-refractivity contribution >= 4 is 23.5 Å². The van der Waals surface area contributed by atoms with Gasteiger partial charge in [0.15, 0.2) is 0 Å². The predicted molar refractivity (Wildman–Crippen MR) is 110 cm³/mol. The fraction of sp³-hybridized carbons (Fsp3) is 0.217. The van der Waals surface area contributed by atoms with Crippen LogP contribution in [0.4, 0.5) is 24.8 Å². The average molecular weight is 441 g/mol. The van der Waals surface area contributed by atoms with E-state index in [1.807, 2.05) is 0 Å². The van der Waals surface area contributed by atoms with Crippen LogP contribution in [0.25, 0.3) is 11.1 Å². The van der Waals surface area contributed by atoms with Crippen LogP contribution < -0.4 is 4.90 Å². The molecule has 0 saturated heterocycles. The lowest BCUT2D eigenvalue weighted by Gasteiger charge is -2.20. The highest BCUT2D eigenvalue weighted by Gasteiger charge is 2.48. The van der Waals surface area contributed by atoms with E-state index in [0.717, 1.165) is 19.2 Å². The summed E-state index contributed by atoms with van der Waals surface area (Å²) in [4.78, 5) is 35.4. The third-order valence-corrected chi connectivity index (χ3v) is 5.43. The topological polar surface area (TPSA) is 72.4 Å². The monoisotopic (exact) mass is 441 g/mol. The van der Waals surface area contributed by atoms with E-state index in [0.29, 0.717) is 28.3 Å². The Hall–Kier alpha value is -3.75. The van der Waals surface area contributed by atoms with Crippen LogP contribution in [0.15, 0.2) is 54.9 Å². The number of alkyl halides is 3. The maximum Gasteiger partial charge on any atom is 0.417 e. The van der Waals surface area contributed by atoms with E-state index in [4.69, 9.17) is 0 Å². The van der Waals surface area contributed by atoms with E-state index in [2.05, 4.69) is 14.7 Å². The summed E-state index contributed by atoms with van der Waals surface area (Å²) in [7, 11) is 1.02. The number of anilines is 2. The molecule has 1 aromatic carbocycles. The van der Waals surface area contributed by atoms with Crippen LogP contribution in [0.1, 0.15) is 35.3 Å². The van der Waals surface area contributed by atoms with Crippen LogP contribution >= 0.6 is 0 Å². The molecule has 4 rings (SSSR count). The van der Waals surface area contributed by atoms with E-state index in [1.54, 1.807) is 44.3 Å². The van der Waals surface area contributed by atoms with Crippen molar-refractivity contribution in [3.05, 3.63) is 71.5 Å². The predicted octanol–water partition coefficient (Wildman–Crippen LogP) is 4.90. The van der Waals surface area contributed by atoms with Crippen LogP contribution in [0.5, 0.6) is 0 Å². The quantitative estimate of drug-likeness (QED) is 0.541. The zero-order valence-electron chi connectivity index (χ0n) is 17.4. The van der Waals surface area contributed by atoms with E-state index in [9.17, 15) is 22.8 Å². The SMILES string of the molecule is COC(=O)c1cc(-c2ccnc3c2C(C)(C)C(=O)N3c2ccccn2)ccc1C(F)(F)F. The number of amides is 1. The lowest BCUT2D eigenvalue weighted by atomic mass is 9.82. The van der Waals surface area contributed by atoms with Crippen LogP contribution in [0.2, 0.25) is 0 Å². The molecule has 0 spiro atoms. The number of aromatic nitrogens is 2. The van der Waals surface area contributed by atoms with Crippen molar-refractivity contribution in [1.29, 1.82) is 0 Å². The van der Waals surface area contributed by atoms with E-state index in [-0.39, 0.29) is 5.91 Å². The van der Waals surface area contributed by atoms with Gasteiger partial charge in [-0.1, -0.05) is 12.1 Å². The van der Waals surface area contributed by atoms with Gasteiger partial charge in [-0.15, -0.1) is 0 Å². The van der Waals surface area contributed by atoms with E-state index in [1.165, 1.54) is 17.2 Å². The average Bonchev–Trinajstić information content (AvgIpc) is 2.98. The molecular formula is C23H18F3N3O3. The Morgan fingerprint density at radius 3 is 2.44 bits per heavy atom. The number of esters is 1. The Bertz CT molecular complexity index is 1220. The smallest absolute Gasteiger partial charge is 0.417 e. The Morgan fingerprint density at radius 1 is 1.06 bits per heavy atom. The van der Waals surface area contributed by atoms with Crippen LogP contribution in [-0.2, 0) is 21.1 Å². The minimum Gasteiger partial charge on any atom is -0.465 e. The van der Waals surface area contributed by atoms with Crippen molar-refractivity contribution in [2.45, 2.75) is 25.4 Å². The van der Waals surface area contributed by atoms with Gasteiger partial charge in [-0.05, 0) is 55.3 Å². The molecule has 0 saturated carbocycles. The van der Waals surface area contributed by atoms with Gasteiger partial charge in [0.2, 0.25) is 5.91 Å². The third-order valence-electron chi connectivity index (χ3n) is 5.43. The number of carbonyl (C=O) groups excluding carboxylic acids is 2. The van der Waals surface area contributed by atoms with Crippen LogP contribution in [0, 0.1) is 0 Å². The molecule has 0 atom stereocenters. The van der Waals surface area contributed by atoms with Gasteiger partial charge < -0.3 is 4.74 Å². The summed E-state index contributed by atoms with van der Waals surface area (Å²) in [6.07, 6.45) is -1.71. The van der Waals surface area contributed by atoms with Gasteiger partial charge in [0, 0.05) is 18.0 Å². The molecule has 2 aromatic heterocycles. The van der Waals surface area contributed by atoms with Gasteiger partial charge in [0.25, 0.3) is 0 Å². The second-order valence-electron chi connectivity index (χ2n) is 7.76. The van der Waals surface area contributed by atoms with Gasteiger partial charge >= 0.3 is 12.1 Å². The molecule has 0 bridgehead atoms. The standard InChI is InChI=1S/C23H18F3N3O3/c1-22(2)18-14(13-7-8-16(23(24,25)26)15(12-13)20(30)32-3)9-11-28-19(18)29(21(22)31)17-6-4-5-10-27-17/h4-12H,1-3H3. The number of carbonyl (C=O) groups is 2. The van der Waals surface area contributed by atoms with Crippen molar-refractivity contribution in [2.24, 2.45) is 0 Å². The van der Waals surface area contributed by atoms with Crippen molar-refractivity contribution in [2.75, 3.05) is 12.0 Å². The zero-order chi connectivity index (χ0) is 23.3. The van der Waals surface area contributed by atoms with Gasteiger partial charge in [0.05, 0.1) is 23.7 Å². The number of pyridine rings is 2. The molecule has 0 aliphatic carbocycles. The molecule has 6 nitrogen and oxygen atoms in total. The molecular weight excluding hydrogens is 423 g/mol. The largest absolute Gasteiger partial charge is 0.465 e. The zero-order valence-corrected chi connectivity index (χ0v) is 17.4. The first kappa shape index (κ1) is 21.5. The number of fused-ring (bicyclic) bond motifs is 1. The highest BCUT2D eigenvalue weighted by molar-refractivity contribution is 6.12. The van der Waals surface area contributed by atoms with Crippen molar-refractivity contribution in [3.63, 3.8) is 0 Å². The Kier molecular flexibility index (Phi) is 4.99. The summed E-state index contributed by atoms with van der Waals surface area (Å²) in [5, 5.41) is 0. The number of hydrogen-bond donors (Lipinski definition) is 0. The van der Waals surface area contributed by atoms with Crippen molar-refractivity contribution < 1.29 is 27.5 Å². The minimum atomic E-state index is -4.73. The number of rotatable bonds is 3. The molecule has 0 N–H and O–H groups in total. The summed E-state index contributed by atoms with van der Waals surface area (Å²) < 4.78 is 44.9. The molecule has 3 heterocycles. The van der Waals surface area contributed by atoms with Crippen molar-refractivity contribution in [3.8, 4) is 11.1 Å². The molecule has 1 amide bonds. The highest BCUT2D eigenvalue weighted by Crippen LogP contribution is 2.48. The Balaban J connectivity index is 1.94. The fourth-order valence-corrected chi connectivity index (χ4v) is 3.90. The first-order valence-electron chi connectivity index (χ1n) is 9.62. The fourth-order valence-electron chi connectivity index (χ4n) is 3.90. The molecule has 3 aromatic rings. The summed E-state index contributed by atoms with van der Waals surface area (Å²) >= 11 is 0. The number of hydrogen-bond acceptors (Lipinski definition) is 5. The summed E-state index contributed by atoms with van der Waals surface area (Å²) in [6.45, 7) is 3.43. The first-order chi connectivity index (χ1) is 15.1. The summed E-state index contributed by atoms with van der Waals surface area (Å²) in [5.74, 6) is -0.645. The molecule has 9 heteroatoms. The lowest BCUT2D eigenvalue weighted by molar-refractivity contribution is -0.138. The van der Waals surface area contributed by atoms with E-state index >= 15 is 0 Å². The number of methoxy groups -OCH3 is 1. The Labute approximate surface area is 181 Å². The highest BCUT2D eigenvalue weighted by atomic mass is 19.4. The summed E-state index contributed by atoms with van der Waals surface area (Å²) in [5.41, 5.74) is -1.38. The van der Waals surface area contributed by atoms with Gasteiger partial charge in [0.1, 0.15) is 11.6 Å². The normalized spacial score (nSPS) is 14.9. The molecule has 164 valence electrons. The third kappa shape index (κ3) is 3.30. The van der Waals surface area contributed by atoms with E-state index < -0.39 is 28.7 Å². The maximum atomic E-state index is 13.4. The molecule has 0 fully saturated rings. The van der Waals surface area contributed by atoms with Crippen LogP contribution in [0.3, 0.4) is 0 Å². The molecule has 0 radical (unpaired) electrons. The maximum absolute atomic E-state index is 13.4. The molecule has 32 heavy (non-hydrogen) atoms. The number of halogens is 3. The second-order valence-corrected chi connectivity index (χ2v) is 7.76. The number of benzene rings is 1. The summed E-state index contributed by atoms with van der Waals surface area (Å²) in [6, 6.07) is 9.99. The Morgan fingerprint density at radius 2 is 1.81 bits per heavy atom. The number of ether oxygens (including phenoxy) is 1. The minimum absolute atomic E-state index is 0.272. The lowest BCUT2D eigenvalue weighted by Crippen LogP contribution is -2.33.